The number of anilines is 1. The Hall–Kier alpha value is -2.80. The van der Waals surface area contributed by atoms with Gasteiger partial charge in [-0.2, -0.15) is 0 Å². The van der Waals surface area contributed by atoms with Gasteiger partial charge in [-0.25, -0.2) is 4.98 Å². The summed E-state index contributed by atoms with van der Waals surface area (Å²) in [6, 6.07) is 9.75. The number of carbonyl (C=O) groups excluding carboxylic acids is 2. The third kappa shape index (κ3) is 3.75. The summed E-state index contributed by atoms with van der Waals surface area (Å²) in [5, 5.41) is 0. The zero-order valence-corrected chi connectivity index (χ0v) is 16.1. The van der Waals surface area contributed by atoms with E-state index in [0.717, 1.165) is 30.8 Å². The predicted octanol–water partition coefficient (Wildman–Crippen LogP) is 1.74. The Bertz CT molecular complexity index is 832. The first-order valence-corrected chi connectivity index (χ1v) is 9.82. The van der Waals surface area contributed by atoms with E-state index in [1.54, 1.807) is 11.1 Å². The highest BCUT2D eigenvalue weighted by Gasteiger charge is 2.36. The van der Waals surface area contributed by atoms with Crippen molar-refractivity contribution in [1.82, 2.24) is 19.8 Å². The van der Waals surface area contributed by atoms with Crippen molar-refractivity contribution in [3.63, 3.8) is 0 Å². The Balaban J connectivity index is 1.38. The molecule has 28 heavy (non-hydrogen) atoms. The number of hydrogen-bond acceptors (Lipinski definition) is 5. The Morgan fingerprint density at radius 1 is 1.00 bits per heavy atom. The summed E-state index contributed by atoms with van der Waals surface area (Å²) in [7, 11) is 0. The molecular weight excluding hydrogens is 354 g/mol. The molecule has 146 valence electrons. The largest absolute Gasteiger partial charge is 0.335 e. The highest BCUT2D eigenvalue weighted by molar-refractivity contribution is 5.98. The zero-order valence-electron chi connectivity index (χ0n) is 16.1. The van der Waals surface area contributed by atoms with Gasteiger partial charge in [0.25, 0.3) is 5.91 Å². The summed E-state index contributed by atoms with van der Waals surface area (Å²) in [4.78, 5) is 40.0. The number of nitrogens with zero attached hydrogens (tertiary/aromatic N) is 5. The van der Waals surface area contributed by atoms with E-state index in [2.05, 4.69) is 14.9 Å². The van der Waals surface area contributed by atoms with Gasteiger partial charge < -0.3 is 9.80 Å². The molecule has 1 aromatic heterocycles. The molecule has 2 aromatic rings. The van der Waals surface area contributed by atoms with Crippen LogP contribution in [0.25, 0.3) is 0 Å². The topological polar surface area (TPSA) is 69.6 Å². The van der Waals surface area contributed by atoms with E-state index in [1.807, 2.05) is 42.2 Å². The first kappa shape index (κ1) is 18.6. The molecule has 4 rings (SSSR count). The van der Waals surface area contributed by atoms with Crippen LogP contribution in [0.4, 0.5) is 5.69 Å². The third-order valence-corrected chi connectivity index (χ3v) is 5.52. The second-order valence-corrected chi connectivity index (χ2v) is 7.35. The number of piperazine rings is 1. The molecule has 0 N–H and O–H groups in total. The molecule has 7 nitrogen and oxygen atoms in total. The van der Waals surface area contributed by atoms with E-state index >= 15 is 0 Å². The molecule has 2 amide bonds. The second kappa shape index (κ2) is 8.06. The second-order valence-electron chi connectivity index (χ2n) is 7.35. The first-order valence-electron chi connectivity index (χ1n) is 9.82. The molecule has 2 fully saturated rings. The van der Waals surface area contributed by atoms with E-state index < -0.39 is 0 Å². The number of hydrogen-bond donors (Lipinski definition) is 0. The Kier molecular flexibility index (Phi) is 5.34. The number of benzene rings is 1. The summed E-state index contributed by atoms with van der Waals surface area (Å²) >= 11 is 0. The molecule has 0 bridgehead atoms. The molecule has 0 aliphatic carbocycles. The van der Waals surface area contributed by atoms with Gasteiger partial charge in [-0.1, -0.05) is 18.2 Å². The molecule has 0 unspecified atom stereocenters. The van der Waals surface area contributed by atoms with Crippen molar-refractivity contribution >= 4 is 17.5 Å². The van der Waals surface area contributed by atoms with Crippen molar-refractivity contribution in [2.45, 2.75) is 25.8 Å². The van der Waals surface area contributed by atoms with Crippen molar-refractivity contribution in [3.05, 3.63) is 54.1 Å². The van der Waals surface area contributed by atoms with Crippen LogP contribution in [0, 0.1) is 6.92 Å². The van der Waals surface area contributed by atoms with Gasteiger partial charge in [0.1, 0.15) is 5.69 Å². The van der Waals surface area contributed by atoms with Crippen LogP contribution in [-0.4, -0.2) is 70.3 Å². The summed E-state index contributed by atoms with van der Waals surface area (Å²) in [6.45, 7) is 5.21. The fourth-order valence-corrected chi connectivity index (χ4v) is 3.96. The molecule has 1 atom stereocenters. The smallest absolute Gasteiger partial charge is 0.274 e. The minimum Gasteiger partial charge on any atom is -0.335 e. The summed E-state index contributed by atoms with van der Waals surface area (Å²) in [5.74, 6) is 0.0784. The fourth-order valence-electron chi connectivity index (χ4n) is 3.96. The quantitative estimate of drug-likeness (QED) is 0.813. The third-order valence-electron chi connectivity index (χ3n) is 5.52. The SMILES string of the molecule is Cc1cnc(C(=O)N2CCN([C@@H]3CCCN(c4ccccc4)C3=O)CC2)cn1. The van der Waals surface area contributed by atoms with Gasteiger partial charge in [-0.3, -0.25) is 19.5 Å². The van der Waals surface area contributed by atoms with E-state index in [-0.39, 0.29) is 17.9 Å². The summed E-state index contributed by atoms with van der Waals surface area (Å²) < 4.78 is 0. The highest BCUT2D eigenvalue weighted by atomic mass is 16.2. The van der Waals surface area contributed by atoms with E-state index in [0.29, 0.717) is 31.9 Å². The van der Waals surface area contributed by atoms with Crippen LogP contribution in [0.5, 0.6) is 0 Å². The van der Waals surface area contributed by atoms with Gasteiger partial charge >= 0.3 is 0 Å². The lowest BCUT2D eigenvalue weighted by atomic mass is 10.0. The first-order chi connectivity index (χ1) is 13.6. The lowest BCUT2D eigenvalue weighted by molar-refractivity contribution is -0.126. The van der Waals surface area contributed by atoms with Crippen molar-refractivity contribution in [1.29, 1.82) is 0 Å². The Morgan fingerprint density at radius 2 is 1.75 bits per heavy atom. The standard InChI is InChI=1S/C21H25N5O2/c1-16-14-23-18(15-22-16)20(27)25-12-10-24(11-13-25)19-8-5-9-26(21(19)28)17-6-3-2-4-7-17/h2-4,6-7,14-15,19H,5,8-13H2,1H3/t19-/m1/s1. The average molecular weight is 379 g/mol. The van der Waals surface area contributed by atoms with Gasteiger partial charge in [0.05, 0.1) is 17.9 Å². The average Bonchev–Trinajstić information content (AvgIpc) is 2.75. The highest BCUT2D eigenvalue weighted by Crippen LogP contribution is 2.24. The maximum absolute atomic E-state index is 13.1. The monoisotopic (exact) mass is 379 g/mol. The number of piperidine rings is 1. The van der Waals surface area contributed by atoms with E-state index in [9.17, 15) is 9.59 Å². The van der Waals surface area contributed by atoms with Crippen LogP contribution in [0.1, 0.15) is 29.0 Å². The molecule has 0 saturated carbocycles. The number of rotatable bonds is 3. The van der Waals surface area contributed by atoms with Crippen molar-refractivity contribution in [3.8, 4) is 0 Å². The van der Waals surface area contributed by atoms with Gasteiger partial charge in [-0.15, -0.1) is 0 Å². The number of aromatic nitrogens is 2. The summed E-state index contributed by atoms with van der Waals surface area (Å²) in [6.07, 6.45) is 5.01. The van der Waals surface area contributed by atoms with Crippen molar-refractivity contribution in [2.75, 3.05) is 37.6 Å². The molecule has 2 aliphatic heterocycles. The number of amides is 2. The molecule has 7 heteroatoms. The van der Waals surface area contributed by atoms with Crippen LogP contribution in [0.3, 0.4) is 0 Å². The number of carbonyl (C=O) groups is 2. The number of aryl methyl sites for hydroxylation is 1. The molecule has 1 aromatic carbocycles. The Labute approximate surface area is 165 Å². The van der Waals surface area contributed by atoms with Crippen LogP contribution in [0.15, 0.2) is 42.7 Å². The van der Waals surface area contributed by atoms with Crippen LogP contribution >= 0.6 is 0 Å². The lowest BCUT2D eigenvalue weighted by Gasteiger charge is -2.42. The zero-order chi connectivity index (χ0) is 19.5. The molecule has 2 saturated heterocycles. The Morgan fingerprint density at radius 3 is 2.43 bits per heavy atom. The van der Waals surface area contributed by atoms with Crippen LogP contribution in [-0.2, 0) is 4.79 Å². The molecule has 0 spiro atoms. The maximum atomic E-state index is 13.1. The van der Waals surface area contributed by atoms with Gasteiger partial charge in [-0.05, 0) is 31.9 Å². The number of para-hydroxylation sites is 1. The van der Waals surface area contributed by atoms with Crippen molar-refractivity contribution < 1.29 is 9.59 Å². The molecule has 2 aliphatic rings. The molecule has 3 heterocycles. The minimum absolute atomic E-state index is 0.0898. The fraction of sp³-hybridized carbons (Fsp3) is 0.429. The van der Waals surface area contributed by atoms with Crippen LogP contribution < -0.4 is 4.90 Å². The van der Waals surface area contributed by atoms with Gasteiger partial charge in [0.15, 0.2) is 0 Å². The minimum atomic E-state index is -0.106. The van der Waals surface area contributed by atoms with Gasteiger partial charge in [0.2, 0.25) is 5.91 Å². The van der Waals surface area contributed by atoms with E-state index in [4.69, 9.17) is 0 Å². The van der Waals surface area contributed by atoms with E-state index in [1.165, 1.54) is 6.20 Å². The maximum Gasteiger partial charge on any atom is 0.274 e. The van der Waals surface area contributed by atoms with Gasteiger partial charge in [0, 0.05) is 44.6 Å². The molecule has 0 radical (unpaired) electrons. The summed E-state index contributed by atoms with van der Waals surface area (Å²) in [5.41, 5.74) is 2.13. The lowest BCUT2D eigenvalue weighted by Crippen LogP contribution is -2.58. The van der Waals surface area contributed by atoms with Crippen molar-refractivity contribution in [2.24, 2.45) is 0 Å². The predicted molar refractivity (Wildman–Crippen MR) is 106 cm³/mol. The molecular formula is C21H25N5O2. The normalized spacial score (nSPS) is 21.0. The van der Waals surface area contributed by atoms with Crippen LogP contribution in [0.2, 0.25) is 0 Å².